The molecule has 9 nitrogen and oxygen atoms in total. The maximum atomic E-state index is 10.1. The van der Waals surface area contributed by atoms with Gasteiger partial charge in [0.15, 0.2) is 17.3 Å². The van der Waals surface area contributed by atoms with Gasteiger partial charge in [0, 0.05) is 20.8 Å². The Morgan fingerprint density at radius 1 is 0.524 bits per heavy atom. The maximum absolute atomic E-state index is 10.1. The molecular formula is C12H21N3O6. The Kier molecular flexibility index (Phi) is 15.5. The van der Waals surface area contributed by atoms with E-state index in [9.17, 15) is 14.4 Å². The van der Waals surface area contributed by atoms with Gasteiger partial charge in [-0.25, -0.2) is 0 Å². The van der Waals surface area contributed by atoms with E-state index in [0.717, 1.165) is 0 Å². The molecule has 0 bridgehead atoms. The van der Waals surface area contributed by atoms with Gasteiger partial charge in [-0.2, -0.15) is 0 Å². The van der Waals surface area contributed by atoms with Crippen molar-refractivity contribution in [1.82, 2.24) is 0 Å². The quantitative estimate of drug-likeness (QED) is 0.406. The van der Waals surface area contributed by atoms with E-state index in [1.807, 2.05) is 0 Å². The van der Waals surface area contributed by atoms with E-state index in [0.29, 0.717) is 0 Å². The SMILES string of the molecule is CC(=O)/C(C)=N/O.CC(=O)/C(C)=N/O.CC(=O)/C(C)=N/O. The second-order valence-corrected chi connectivity index (χ2v) is 3.72. The van der Waals surface area contributed by atoms with Crippen LogP contribution in [0.3, 0.4) is 0 Å². The monoisotopic (exact) mass is 303 g/mol. The van der Waals surface area contributed by atoms with Crippen LogP contribution < -0.4 is 0 Å². The Balaban J connectivity index is -0.000000231. The molecular weight excluding hydrogens is 282 g/mol. The molecule has 0 spiro atoms. The summed E-state index contributed by atoms with van der Waals surface area (Å²) in [6, 6.07) is 0. The third-order valence-electron chi connectivity index (χ3n) is 1.98. The smallest absolute Gasteiger partial charge is 0.177 e. The van der Waals surface area contributed by atoms with E-state index in [4.69, 9.17) is 15.6 Å². The lowest BCUT2D eigenvalue weighted by Crippen LogP contribution is -2.02. The van der Waals surface area contributed by atoms with Gasteiger partial charge in [-0.1, -0.05) is 15.5 Å². The first-order valence-corrected chi connectivity index (χ1v) is 5.63. The first kappa shape index (κ1) is 23.5. The molecule has 0 aliphatic heterocycles. The van der Waals surface area contributed by atoms with Crippen molar-refractivity contribution in [3.63, 3.8) is 0 Å². The molecule has 0 aliphatic carbocycles. The predicted molar refractivity (Wildman–Crippen MR) is 76.7 cm³/mol. The van der Waals surface area contributed by atoms with Gasteiger partial charge in [0.25, 0.3) is 0 Å². The summed E-state index contributed by atoms with van der Waals surface area (Å²) in [5, 5.41) is 31.6. The molecule has 0 heterocycles. The van der Waals surface area contributed by atoms with Crippen molar-refractivity contribution in [3.8, 4) is 0 Å². The molecule has 0 saturated carbocycles. The number of nitrogens with zero attached hydrogens (tertiary/aromatic N) is 3. The zero-order valence-electron chi connectivity index (χ0n) is 12.9. The van der Waals surface area contributed by atoms with Gasteiger partial charge in [0.05, 0.1) is 0 Å². The highest BCUT2D eigenvalue weighted by molar-refractivity contribution is 6.38. The van der Waals surface area contributed by atoms with Crippen molar-refractivity contribution in [2.24, 2.45) is 15.5 Å². The second-order valence-electron chi connectivity index (χ2n) is 3.72. The molecule has 0 atom stereocenters. The normalized spacial score (nSPS) is 11.4. The molecule has 120 valence electrons. The van der Waals surface area contributed by atoms with Crippen LogP contribution in [0.1, 0.15) is 41.5 Å². The van der Waals surface area contributed by atoms with Crippen LogP contribution in [0, 0.1) is 0 Å². The number of rotatable bonds is 3. The lowest BCUT2D eigenvalue weighted by Gasteiger charge is -1.82. The first-order valence-electron chi connectivity index (χ1n) is 5.63. The minimum absolute atomic E-state index is 0.139. The van der Waals surface area contributed by atoms with Crippen LogP contribution in [-0.2, 0) is 14.4 Å². The van der Waals surface area contributed by atoms with Gasteiger partial charge >= 0.3 is 0 Å². The molecule has 0 aromatic rings. The topological polar surface area (TPSA) is 149 Å². The molecule has 0 unspecified atom stereocenters. The number of ketones is 3. The molecule has 0 amide bonds. The zero-order valence-corrected chi connectivity index (χ0v) is 12.9. The Labute approximate surface area is 122 Å². The third kappa shape index (κ3) is 17.4. The number of carbonyl (C=O) groups is 3. The van der Waals surface area contributed by atoms with E-state index >= 15 is 0 Å². The van der Waals surface area contributed by atoms with Crippen molar-refractivity contribution in [2.45, 2.75) is 41.5 Å². The molecule has 0 rings (SSSR count). The van der Waals surface area contributed by atoms with Crippen molar-refractivity contribution in [2.75, 3.05) is 0 Å². The summed E-state index contributed by atoms with van der Waals surface area (Å²) in [5.74, 6) is -0.618. The molecule has 9 heteroatoms. The number of hydrogen-bond donors (Lipinski definition) is 3. The van der Waals surface area contributed by atoms with Gasteiger partial charge in [-0.05, 0) is 20.8 Å². The summed E-state index contributed by atoms with van der Waals surface area (Å²) in [7, 11) is 0. The van der Waals surface area contributed by atoms with E-state index < -0.39 is 0 Å². The number of carbonyl (C=O) groups excluding carboxylic acids is 3. The molecule has 0 aromatic heterocycles. The molecule has 0 saturated heterocycles. The average molecular weight is 303 g/mol. The molecule has 0 aliphatic rings. The molecule has 0 aromatic carbocycles. The van der Waals surface area contributed by atoms with E-state index in [2.05, 4.69) is 15.5 Å². The van der Waals surface area contributed by atoms with E-state index in [1.165, 1.54) is 41.5 Å². The average Bonchev–Trinajstić information content (AvgIpc) is 2.45. The van der Waals surface area contributed by atoms with Crippen molar-refractivity contribution < 1.29 is 30.0 Å². The fourth-order valence-electron chi connectivity index (χ4n) is 0.211. The fraction of sp³-hybridized carbons (Fsp3) is 0.500. The lowest BCUT2D eigenvalue weighted by molar-refractivity contribution is -0.112. The van der Waals surface area contributed by atoms with Crippen molar-refractivity contribution in [3.05, 3.63) is 0 Å². The molecule has 0 fully saturated rings. The van der Waals surface area contributed by atoms with Crippen LogP contribution >= 0.6 is 0 Å². The van der Waals surface area contributed by atoms with Crippen LogP contribution in [0.15, 0.2) is 15.5 Å². The van der Waals surface area contributed by atoms with Crippen LogP contribution in [0.25, 0.3) is 0 Å². The minimum atomic E-state index is -0.206. The summed E-state index contributed by atoms with van der Waals surface area (Å²) in [5.41, 5.74) is 0.417. The Bertz CT molecular complexity index is 385. The highest BCUT2D eigenvalue weighted by atomic mass is 16.4. The summed E-state index contributed by atoms with van der Waals surface area (Å²) in [6.45, 7) is 8.37. The lowest BCUT2D eigenvalue weighted by atomic mass is 10.3. The highest BCUT2D eigenvalue weighted by Gasteiger charge is 1.95. The summed E-state index contributed by atoms with van der Waals surface area (Å²) in [4.78, 5) is 30.3. The molecule has 21 heavy (non-hydrogen) atoms. The first-order chi connectivity index (χ1) is 9.54. The van der Waals surface area contributed by atoms with Crippen LogP contribution in [-0.4, -0.2) is 50.1 Å². The van der Waals surface area contributed by atoms with Gasteiger partial charge in [0.2, 0.25) is 0 Å². The fourth-order valence-corrected chi connectivity index (χ4v) is 0.211. The standard InChI is InChI=1S/3C4H7NO2/c3*1-3(5-7)4(2)6/h3*7H,1-2H3/b3*5-3+. The van der Waals surface area contributed by atoms with E-state index in [1.54, 1.807) is 0 Å². The summed E-state index contributed by atoms with van der Waals surface area (Å²) in [6.07, 6.45) is 0. The van der Waals surface area contributed by atoms with Gasteiger partial charge in [-0.3, -0.25) is 14.4 Å². The van der Waals surface area contributed by atoms with Crippen LogP contribution in [0.2, 0.25) is 0 Å². The molecule has 0 radical (unpaired) electrons. The molecule has 3 N–H and O–H groups in total. The summed E-state index contributed by atoms with van der Waals surface area (Å²) < 4.78 is 0. The Morgan fingerprint density at radius 3 is 0.667 bits per heavy atom. The van der Waals surface area contributed by atoms with Crippen molar-refractivity contribution >= 4 is 34.5 Å². The number of Topliss-reactive ketones (excluding diaryl/α,β-unsaturated/α-hetero) is 3. The second kappa shape index (κ2) is 13.8. The van der Waals surface area contributed by atoms with Gasteiger partial charge in [-0.15, -0.1) is 0 Å². The Morgan fingerprint density at radius 2 is 0.667 bits per heavy atom. The predicted octanol–water partition coefficient (Wildman–Crippen LogP) is 1.28. The van der Waals surface area contributed by atoms with Gasteiger partial charge < -0.3 is 15.6 Å². The number of oxime groups is 3. The summed E-state index contributed by atoms with van der Waals surface area (Å²) >= 11 is 0. The third-order valence-corrected chi connectivity index (χ3v) is 1.98. The minimum Gasteiger partial charge on any atom is -0.411 e. The largest absolute Gasteiger partial charge is 0.411 e. The Hall–Kier alpha value is -2.58. The number of hydrogen-bond acceptors (Lipinski definition) is 9. The van der Waals surface area contributed by atoms with Crippen LogP contribution in [0.4, 0.5) is 0 Å². The van der Waals surface area contributed by atoms with E-state index in [-0.39, 0.29) is 34.5 Å². The van der Waals surface area contributed by atoms with Gasteiger partial charge in [0.1, 0.15) is 17.1 Å². The van der Waals surface area contributed by atoms with Crippen molar-refractivity contribution in [1.29, 1.82) is 0 Å². The highest BCUT2D eigenvalue weighted by Crippen LogP contribution is 1.74. The zero-order chi connectivity index (χ0) is 17.6. The maximum Gasteiger partial charge on any atom is 0.177 e. The van der Waals surface area contributed by atoms with Crippen LogP contribution in [0.5, 0.6) is 0 Å².